The molecule has 1 saturated carbocycles. The second-order valence-electron chi connectivity index (χ2n) is 5.42. The third kappa shape index (κ3) is 4.22. The van der Waals surface area contributed by atoms with Gasteiger partial charge in [0.05, 0.1) is 5.41 Å². The van der Waals surface area contributed by atoms with Crippen molar-refractivity contribution in [3.05, 3.63) is 0 Å². The van der Waals surface area contributed by atoms with Crippen LogP contribution in [-0.4, -0.2) is 52.7 Å². The van der Waals surface area contributed by atoms with Gasteiger partial charge in [-0.15, -0.1) is 0 Å². The molecule has 3 N–H and O–H groups in total. The lowest BCUT2D eigenvalue weighted by Gasteiger charge is -2.25. The van der Waals surface area contributed by atoms with E-state index in [0.29, 0.717) is 24.6 Å². The zero-order valence-corrected chi connectivity index (χ0v) is 13.2. The number of nitrogens with one attached hydrogen (secondary N) is 2. The standard InChI is InChI=1S/C13H22N2O3S2/c16-11(17)13(3-1-2-4-13)9-15-12(18)14-7-10-8-19-5-6-20-10/h10H,1-9H2,(H,16,17)(H2,14,15,18). The summed E-state index contributed by atoms with van der Waals surface area (Å²) >= 11 is 3.82. The number of urea groups is 1. The van der Waals surface area contributed by atoms with Gasteiger partial charge in [-0.25, -0.2) is 4.79 Å². The third-order valence-electron chi connectivity index (χ3n) is 3.98. The summed E-state index contributed by atoms with van der Waals surface area (Å²) in [6, 6.07) is -0.242. The molecule has 2 amide bonds. The van der Waals surface area contributed by atoms with Crippen LogP contribution in [0, 0.1) is 5.41 Å². The van der Waals surface area contributed by atoms with Gasteiger partial charge in [0, 0.05) is 35.6 Å². The second kappa shape index (κ2) is 7.45. The first kappa shape index (κ1) is 15.8. The zero-order valence-electron chi connectivity index (χ0n) is 11.5. The smallest absolute Gasteiger partial charge is 0.314 e. The van der Waals surface area contributed by atoms with E-state index in [4.69, 9.17) is 0 Å². The molecule has 7 heteroatoms. The molecule has 1 atom stereocenters. The maximum atomic E-state index is 11.8. The molecule has 1 unspecified atom stereocenters. The third-order valence-corrected chi connectivity index (χ3v) is 6.82. The fraction of sp³-hybridized carbons (Fsp3) is 0.846. The lowest BCUT2D eigenvalue weighted by Crippen LogP contribution is -2.46. The average Bonchev–Trinajstić information content (AvgIpc) is 2.94. The molecule has 114 valence electrons. The maximum Gasteiger partial charge on any atom is 0.314 e. The minimum absolute atomic E-state index is 0.237. The number of carbonyl (C=O) groups is 2. The molecular formula is C13H22N2O3S2. The van der Waals surface area contributed by atoms with Crippen molar-refractivity contribution in [2.45, 2.75) is 30.9 Å². The Hall–Kier alpha value is -0.560. The molecule has 0 spiro atoms. The van der Waals surface area contributed by atoms with Crippen molar-refractivity contribution in [2.24, 2.45) is 5.41 Å². The highest BCUT2D eigenvalue weighted by Crippen LogP contribution is 2.37. The highest BCUT2D eigenvalue weighted by Gasteiger charge is 2.41. The molecule has 0 radical (unpaired) electrons. The van der Waals surface area contributed by atoms with E-state index in [-0.39, 0.29) is 12.6 Å². The summed E-state index contributed by atoms with van der Waals surface area (Å²) in [4.78, 5) is 23.1. The molecule has 2 fully saturated rings. The number of aliphatic carboxylic acids is 1. The van der Waals surface area contributed by atoms with E-state index in [9.17, 15) is 14.7 Å². The number of rotatable bonds is 5. The van der Waals surface area contributed by atoms with Crippen LogP contribution in [0.2, 0.25) is 0 Å². The summed E-state index contributed by atoms with van der Waals surface area (Å²) in [6.45, 7) is 0.893. The maximum absolute atomic E-state index is 11.8. The van der Waals surface area contributed by atoms with Crippen LogP contribution < -0.4 is 10.6 Å². The normalized spacial score (nSPS) is 25.1. The highest BCUT2D eigenvalue weighted by atomic mass is 32.2. The van der Waals surface area contributed by atoms with Gasteiger partial charge in [-0.2, -0.15) is 23.5 Å². The highest BCUT2D eigenvalue weighted by molar-refractivity contribution is 8.06. The Morgan fingerprint density at radius 1 is 1.20 bits per heavy atom. The monoisotopic (exact) mass is 318 g/mol. The van der Waals surface area contributed by atoms with Crippen molar-refractivity contribution in [3.63, 3.8) is 0 Å². The van der Waals surface area contributed by atoms with Gasteiger partial charge in [-0.3, -0.25) is 4.79 Å². The Balaban J connectivity index is 1.70. The van der Waals surface area contributed by atoms with E-state index < -0.39 is 11.4 Å². The predicted octanol–water partition coefficient (Wildman–Crippen LogP) is 1.78. The summed E-state index contributed by atoms with van der Waals surface area (Å²) in [6.07, 6.45) is 3.20. The van der Waals surface area contributed by atoms with Crippen LogP contribution in [0.25, 0.3) is 0 Å². The van der Waals surface area contributed by atoms with Crippen LogP contribution in [0.3, 0.4) is 0 Å². The van der Waals surface area contributed by atoms with Crippen LogP contribution in [0.4, 0.5) is 4.79 Å². The lowest BCUT2D eigenvalue weighted by atomic mass is 9.86. The van der Waals surface area contributed by atoms with Crippen LogP contribution >= 0.6 is 23.5 Å². The second-order valence-corrected chi connectivity index (χ2v) is 7.98. The van der Waals surface area contributed by atoms with Crippen molar-refractivity contribution in [3.8, 4) is 0 Å². The van der Waals surface area contributed by atoms with Crippen molar-refractivity contribution >= 4 is 35.5 Å². The molecule has 0 aromatic carbocycles. The molecule has 2 rings (SSSR count). The SMILES string of the molecule is O=C(NCC1CSCCS1)NCC1(C(=O)O)CCCC1. The predicted molar refractivity (Wildman–Crippen MR) is 83.5 cm³/mol. The molecule has 0 aromatic rings. The van der Waals surface area contributed by atoms with E-state index in [2.05, 4.69) is 10.6 Å². The molecule has 2 aliphatic rings. The average molecular weight is 318 g/mol. The molecule has 20 heavy (non-hydrogen) atoms. The van der Waals surface area contributed by atoms with Gasteiger partial charge < -0.3 is 15.7 Å². The number of thioether (sulfide) groups is 2. The summed E-state index contributed by atoms with van der Waals surface area (Å²) in [7, 11) is 0. The Labute approximate surface area is 128 Å². The number of carboxylic acids is 1. The first-order valence-electron chi connectivity index (χ1n) is 7.07. The molecule has 5 nitrogen and oxygen atoms in total. The molecule has 0 bridgehead atoms. The Bertz CT molecular complexity index is 354. The molecule has 1 saturated heterocycles. The molecule has 1 aliphatic carbocycles. The van der Waals surface area contributed by atoms with E-state index in [0.717, 1.165) is 24.3 Å². The first-order valence-corrected chi connectivity index (χ1v) is 9.27. The van der Waals surface area contributed by atoms with Gasteiger partial charge >= 0.3 is 12.0 Å². The number of amides is 2. The van der Waals surface area contributed by atoms with E-state index in [1.54, 1.807) is 0 Å². The lowest BCUT2D eigenvalue weighted by molar-refractivity contribution is -0.148. The van der Waals surface area contributed by atoms with Gasteiger partial charge in [0.2, 0.25) is 0 Å². The van der Waals surface area contributed by atoms with E-state index in [1.807, 2.05) is 23.5 Å². The van der Waals surface area contributed by atoms with Crippen LogP contribution in [0.5, 0.6) is 0 Å². The largest absolute Gasteiger partial charge is 0.481 e. The molecule has 1 aliphatic heterocycles. The summed E-state index contributed by atoms with van der Waals surface area (Å²) in [5, 5.41) is 15.4. The quantitative estimate of drug-likeness (QED) is 0.720. The van der Waals surface area contributed by atoms with Crippen molar-refractivity contribution in [1.29, 1.82) is 0 Å². The van der Waals surface area contributed by atoms with Gasteiger partial charge in [-0.1, -0.05) is 12.8 Å². The van der Waals surface area contributed by atoms with Gasteiger partial charge in [0.15, 0.2) is 0 Å². The van der Waals surface area contributed by atoms with E-state index in [1.165, 1.54) is 5.75 Å². The van der Waals surface area contributed by atoms with Crippen molar-refractivity contribution in [2.75, 3.05) is 30.3 Å². The van der Waals surface area contributed by atoms with Crippen LogP contribution in [0.1, 0.15) is 25.7 Å². The Morgan fingerprint density at radius 2 is 1.95 bits per heavy atom. The zero-order chi connectivity index (χ0) is 14.4. The number of carbonyl (C=O) groups excluding carboxylic acids is 1. The first-order chi connectivity index (χ1) is 9.62. The van der Waals surface area contributed by atoms with Crippen molar-refractivity contribution in [1.82, 2.24) is 10.6 Å². The minimum Gasteiger partial charge on any atom is -0.481 e. The Morgan fingerprint density at radius 3 is 2.55 bits per heavy atom. The fourth-order valence-electron chi connectivity index (χ4n) is 2.69. The summed E-state index contributed by atoms with van der Waals surface area (Å²) < 4.78 is 0. The molecule has 1 heterocycles. The minimum atomic E-state index is -0.783. The summed E-state index contributed by atoms with van der Waals surface area (Å²) in [5.41, 5.74) is -0.743. The number of carboxylic acid groups (broad SMARTS) is 1. The van der Waals surface area contributed by atoms with Crippen LogP contribution in [0.15, 0.2) is 0 Å². The van der Waals surface area contributed by atoms with Gasteiger partial charge in [0.25, 0.3) is 0 Å². The van der Waals surface area contributed by atoms with Crippen LogP contribution in [-0.2, 0) is 4.79 Å². The van der Waals surface area contributed by atoms with Gasteiger partial charge in [-0.05, 0) is 12.8 Å². The fourth-order valence-corrected chi connectivity index (χ4v) is 5.30. The van der Waals surface area contributed by atoms with Crippen molar-refractivity contribution < 1.29 is 14.7 Å². The molecular weight excluding hydrogens is 296 g/mol. The number of hydrogen-bond donors (Lipinski definition) is 3. The number of hydrogen-bond acceptors (Lipinski definition) is 4. The molecule has 0 aromatic heterocycles. The topological polar surface area (TPSA) is 78.4 Å². The van der Waals surface area contributed by atoms with Gasteiger partial charge in [0.1, 0.15) is 0 Å². The summed E-state index contributed by atoms with van der Waals surface area (Å²) in [5.74, 6) is 2.62. The Kier molecular flexibility index (Phi) is 5.89. The van der Waals surface area contributed by atoms with E-state index >= 15 is 0 Å².